The largest absolute Gasteiger partial charge is 0.394 e. The van der Waals surface area contributed by atoms with E-state index in [1.165, 1.54) is 24.5 Å². The van der Waals surface area contributed by atoms with Crippen molar-refractivity contribution < 1.29 is 30.3 Å². The normalized spacial score (nSPS) is 17.2. The van der Waals surface area contributed by atoms with E-state index in [2.05, 4.69) is 15.5 Å². The summed E-state index contributed by atoms with van der Waals surface area (Å²) < 4.78 is 0. The molecule has 1 aromatic heterocycles. The first kappa shape index (κ1) is 17.1. The van der Waals surface area contributed by atoms with Gasteiger partial charge in [0.1, 0.15) is 24.4 Å². The van der Waals surface area contributed by atoms with E-state index in [1.54, 1.807) is 0 Å². The molecule has 0 saturated carbocycles. The molecule has 0 radical (unpaired) electrons. The molecular formula is C12H17N3O6. The number of rotatable bonds is 7. The third-order valence-electron chi connectivity index (χ3n) is 2.62. The average Bonchev–Trinajstić information content (AvgIpc) is 2.53. The van der Waals surface area contributed by atoms with E-state index in [9.17, 15) is 20.1 Å². The fraction of sp³-hybridized carbons (Fsp3) is 0.417. The van der Waals surface area contributed by atoms with Crippen LogP contribution in [0.1, 0.15) is 10.4 Å². The van der Waals surface area contributed by atoms with Crippen LogP contribution >= 0.6 is 0 Å². The lowest BCUT2D eigenvalue weighted by Gasteiger charge is -2.23. The standard InChI is InChI=1S/C12H17N3O6/c16-6-9(18)11(20)10(19)8(17)5-14-15-12(21)7-1-3-13-4-2-7/h1-5,8-11,16-20H,6H2,(H,15,21)/b14-5-. The maximum absolute atomic E-state index is 11.6. The number of hydrogen-bond acceptors (Lipinski definition) is 8. The van der Waals surface area contributed by atoms with E-state index < -0.39 is 36.9 Å². The molecule has 0 saturated heterocycles. The zero-order valence-corrected chi connectivity index (χ0v) is 10.9. The van der Waals surface area contributed by atoms with E-state index in [4.69, 9.17) is 10.2 Å². The molecule has 1 rings (SSSR count). The van der Waals surface area contributed by atoms with Crippen LogP contribution in [0.3, 0.4) is 0 Å². The Hall–Kier alpha value is -1.91. The molecule has 0 aliphatic heterocycles. The van der Waals surface area contributed by atoms with Gasteiger partial charge in [0.2, 0.25) is 0 Å². The quantitative estimate of drug-likeness (QED) is 0.235. The molecule has 0 fully saturated rings. The third-order valence-corrected chi connectivity index (χ3v) is 2.62. The molecular weight excluding hydrogens is 282 g/mol. The van der Waals surface area contributed by atoms with Crippen molar-refractivity contribution in [2.45, 2.75) is 24.4 Å². The van der Waals surface area contributed by atoms with Crippen LogP contribution in [0.25, 0.3) is 0 Å². The lowest BCUT2D eigenvalue weighted by molar-refractivity contribution is -0.0999. The summed E-state index contributed by atoms with van der Waals surface area (Å²) in [7, 11) is 0. The van der Waals surface area contributed by atoms with Crippen LogP contribution in [0.5, 0.6) is 0 Å². The van der Waals surface area contributed by atoms with Gasteiger partial charge in [-0.05, 0) is 12.1 Å². The number of pyridine rings is 1. The molecule has 9 heteroatoms. The van der Waals surface area contributed by atoms with Gasteiger partial charge >= 0.3 is 0 Å². The first-order valence-electron chi connectivity index (χ1n) is 6.04. The van der Waals surface area contributed by atoms with Crippen molar-refractivity contribution in [1.29, 1.82) is 0 Å². The first-order chi connectivity index (χ1) is 9.97. The predicted molar refractivity (Wildman–Crippen MR) is 71.3 cm³/mol. The number of aromatic nitrogens is 1. The number of hydrazone groups is 1. The summed E-state index contributed by atoms with van der Waals surface area (Å²) in [6, 6.07) is 2.91. The minimum absolute atomic E-state index is 0.299. The molecule has 9 nitrogen and oxygen atoms in total. The van der Waals surface area contributed by atoms with Crippen molar-refractivity contribution in [2.24, 2.45) is 5.10 Å². The van der Waals surface area contributed by atoms with Gasteiger partial charge in [0.25, 0.3) is 5.91 Å². The number of aliphatic hydroxyl groups is 5. The fourth-order valence-corrected chi connectivity index (χ4v) is 1.37. The summed E-state index contributed by atoms with van der Waals surface area (Å²) in [5.41, 5.74) is 2.40. The number of nitrogens with one attached hydrogen (secondary N) is 1. The molecule has 0 aromatic carbocycles. The number of aliphatic hydroxyl groups excluding tert-OH is 5. The van der Waals surface area contributed by atoms with Crippen LogP contribution in [0.15, 0.2) is 29.6 Å². The monoisotopic (exact) mass is 299 g/mol. The summed E-state index contributed by atoms with van der Waals surface area (Å²) >= 11 is 0. The maximum atomic E-state index is 11.6. The van der Waals surface area contributed by atoms with Gasteiger partial charge in [-0.3, -0.25) is 9.78 Å². The second kappa shape index (κ2) is 8.39. The SMILES string of the molecule is O=C(N/N=C\C(O)C(O)C(O)C(O)CO)c1ccncc1. The van der Waals surface area contributed by atoms with Crippen LogP contribution < -0.4 is 5.43 Å². The van der Waals surface area contributed by atoms with Gasteiger partial charge in [0.15, 0.2) is 0 Å². The number of hydrogen-bond donors (Lipinski definition) is 6. The van der Waals surface area contributed by atoms with Crippen molar-refractivity contribution in [3.05, 3.63) is 30.1 Å². The molecule has 6 N–H and O–H groups in total. The molecule has 21 heavy (non-hydrogen) atoms. The Labute approximate surface area is 120 Å². The lowest BCUT2D eigenvalue weighted by atomic mass is 10.0. The summed E-state index contributed by atoms with van der Waals surface area (Å²) in [4.78, 5) is 15.3. The Bertz CT molecular complexity index is 469. The minimum atomic E-state index is -1.77. The molecule has 1 heterocycles. The molecule has 0 aliphatic carbocycles. The highest BCUT2D eigenvalue weighted by atomic mass is 16.4. The molecule has 116 valence electrons. The Balaban J connectivity index is 2.51. The van der Waals surface area contributed by atoms with Crippen molar-refractivity contribution in [3.8, 4) is 0 Å². The van der Waals surface area contributed by atoms with E-state index in [-0.39, 0.29) is 0 Å². The molecule has 1 amide bonds. The van der Waals surface area contributed by atoms with E-state index in [0.717, 1.165) is 6.21 Å². The number of carbonyl (C=O) groups excluding carboxylic acids is 1. The van der Waals surface area contributed by atoms with Crippen LogP contribution in [0.4, 0.5) is 0 Å². The Morgan fingerprint density at radius 3 is 2.43 bits per heavy atom. The van der Waals surface area contributed by atoms with Gasteiger partial charge in [-0.2, -0.15) is 5.10 Å². The van der Waals surface area contributed by atoms with Crippen LogP contribution in [0.2, 0.25) is 0 Å². The van der Waals surface area contributed by atoms with Crippen molar-refractivity contribution >= 4 is 12.1 Å². The smallest absolute Gasteiger partial charge is 0.271 e. The lowest BCUT2D eigenvalue weighted by Crippen LogP contribution is -2.46. The van der Waals surface area contributed by atoms with E-state index >= 15 is 0 Å². The highest BCUT2D eigenvalue weighted by molar-refractivity contribution is 5.94. The van der Waals surface area contributed by atoms with Gasteiger partial charge < -0.3 is 25.5 Å². The Kier molecular flexibility index (Phi) is 6.85. The van der Waals surface area contributed by atoms with Crippen molar-refractivity contribution in [3.63, 3.8) is 0 Å². The molecule has 0 aliphatic rings. The summed E-state index contributed by atoms with van der Waals surface area (Å²) in [6.07, 6.45) is -3.14. The molecule has 0 bridgehead atoms. The summed E-state index contributed by atoms with van der Waals surface area (Å²) in [6.45, 7) is -0.777. The maximum Gasteiger partial charge on any atom is 0.271 e. The molecule has 1 aromatic rings. The van der Waals surface area contributed by atoms with Crippen LogP contribution in [-0.2, 0) is 0 Å². The first-order valence-corrected chi connectivity index (χ1v) is 6.04. The second-order valence-corrected chi connectivity index (χ2v) is 4.18. The number of carbonyl (C=O) groups is 1. The average molecular weight is 299 g/mol. The van der Waals surface area contributed by atoms with E-state index in [0.29, 0.717) is 5.56 Å². The third kappa shape index (κ3) is 5.17. The Morgan fingerprint density at radius 1 is 1.24 bits per heavy atom. The zero-order chi connectivity index (χ0) is 15.8. The second-order valence-electron chi connectivity index (χ2n) is 4.18. The number of nitrogens with zero attached hydrogens (tertiary/aromatic N) is 2. The summed E-state index contributed by atoms with van der Waals surface area (Å²) in [5.74, 6) is -0.550. The Morgan fingerprint density at radius 2 is 1.86 bits per heavy atom. The van der Waals surface area contributed by atoms with Gasteiger partial charge in [-0.25, -0.2) is 5.43 Å². The highest BCUT2D eigenvalue weighted by Gasteiger charge is 2.29. The fourth-order valence-electron chi connectivity index (χ4n) is 1.37. The van der Waals surface area contributed by atoms with Crippen LogP contribution in [0, 0.1) is 0 Å². The predicted octanol–water partition coefficient (Wildman–Crippen LogP) is -2.77. The van der Waals surface area contributed by atoms with E-state index in [1.807, 2.05) is 0 Å². The van der Waals surface area contributed by atoms with Gasteiger partial charge in [0.05, 0.1) is 12.8 Å². The summed E-state index contributed by atoms with van der Waals surface area (Å²) in [5, 5.41) is 49.5. The molecule has 4 atom stereocenters. The van der Waals surface area contributed by atoms with Crippen LogP contribution in [-0.4, -0.2) is 73.7 Å². The minimum Gasteiger partial charge on any atom is -0.394 e. The highest BCUT2D eigenvalue weighted by Crippen LogP contribution is 2.03. The molecule has 0 spiro atoms. The van der Waals surface area contributed by atoms with Gasteiger partial charge in [0, 0.05) is 18.0 Å². The zero-order valence-electron chi connectivity index (χ0n) is 10.9. The van der Waals surface area contributed by atoms with Gasteiger partial charge in [-0.1, -0.05) is 0 Å². The van der Waals surface area contributed by atoms with Crippen molar-refractivity contribution in [1.82, 2.24) is 10.4 Å². The molecule has 4 unspecified atom stereocenters. The van der Waals surface area contributed by atoms with Crippen molar-refractivity contribution in [2.75, 3.05) is 6.61 Å². The number of amides is 1. The van der Waals surface area contributed by atoms with Gasteiger partial charge in [-0.15, -0.1) is 0 Å². The topological polar surface area (TPSA) is 156 Å².